The van der Waals surface area contributed by atoms with Crippen molar-refractivity contribution in [2.24, 2.45) is 0 Å². The van der Waals surface area contributed by atoms with Gasteiger partial charge in [0.15, 0.2) is 0 Å². The summed E-state index contributed by atoms with van der Waals surface area (Å²) in [5.41, 5.74) is 2.88. The second-order valence-electron chi connectivity index (χ2n) is 6.66. The van der Waals surface area contributed by atoms with Crippen molar-refractivity contribution >= 4 is 21.6 Å². The average Bonchev–Trinajstić information content (AvgIpc) is 2.68. The average molecular weight is 404 g/mol. The van der Waals surface area contributed by atoms with Crippen LogP contribution in [-0.2, 0) is 10.0 Å². The summed E-state index contributed by atoms with van der Waals surface area (Å²) in [5.74, 6) is -0.210. The summed E-state index contributed by atoms with van der Waals surface area (Å²) in [7, 11) is -3.72. The lowest BCUT2D eigenvalue weighted by Gasteiger charge is -2.18. The van der Waals surface area contributed by atoms with E-state index in [1.54, 1.807) is 6.07 Å². The first-order valence-corrected chi connectivity index (χ1v) is 11.0. The predicted molar refractivity (Wildman–Crippen MR) is 113 cm³/mol. The summed E-state index contributed by atoms with van der Waals surface area (Å²) in [5, 5.41) is 2.86. The monoisotopic (exact) mass is 403 g/mol. The van der Waals surface area contributed by atoms with Crippen LogP contribution in [0.3, 0.4) is 0 Å². The number of benzene rings is 2. The Kier molecular flexibility index (Phi) is 7.60. The number of likely N-dealkylation sites (N-methyl/N-ethyl adjacent to an activating group) is 1. The second-order valence-corrected chi connectivity index (χ2v) is 8.34. The number of amides is 1. The molecule has 1 amide bonds. The first kappa shape index (κ1) is 21.9. The number of sulfonamides is 1. The Labute approximate surface area is 168 Å². The van der Waals surface area contributed by atoms with E-state index >= 15 is 0 Å². The van der Waals surface area contributed by atoms with Crippen molar-refractivity contribution in [3.63, 3.8) is 0 Å². The minimum absolute atomic E-state index is 0.119. The minimum atomic E-state index is -3.72. The summed E-state index contributed by atoms with van der Waals surface area (Å²) in [4.78, 5) is 14.6. The molecule has 7 heteroatoms. The molecule has 0 heterocycles. The van der Waals surface area contributed by atoms with E-state index in [0.717, 1.165) is 30.8 Å². The Bertz CT molecular complexity index is 905. The molecule has 152 valence electrons. The fraction of sp³-hybridized carbons (Fsp3) is 0.381. The van der Waals surface area contributed by atoms with E-state index in [1.165, 1.54) is 24.3 Å². The van der Waals surface area contributed by atoms with Crippen LogP contribution >= 0.6 is 0 Å². The van der Waals surface area contributed by atoms with Crippen LogP contribution in [0.25, 0.3) is 0 Å². The highest BCUT2D eigenvalue weighted by Gasteiger charge is 2.16. The second kappa shape index (κ2) is 9.71. The number of carbonyl (C=O) groups excluding carboxylic acids is 1. The topological polar surface area (TPSA) is 78.5 Å². The van der Waals surface area contributed by atoms with Crippen LogP contribution in [0.5, 0.6) is 0 Å². The van der Waals surface area contributed by atoms with E-state index in [-0.39, 0.29) is 10.8 Å². The zero-order valence-electron chi connectivity index (χ0n) is 17.0. The molecule has 0 saturated carbocycles. The number of hydrogen-bond acceptors (Lipinski definition) is 4. The predicted octanol–water partition coefficient (Wildman–Crippen LogP) is 3.18. The number of carbonyl (C=O) groups is 1. The van der Waals surface area contributed by atoms with Gasteiger partial charge in [0.25, 0.3) is 15.9 Å². The van der Waals surface area contributed by atoms with E-state index in [2.05, 4.69) is 28.8 Å². The largest absolute Gasteiger partial charge is 0.351 e. The van der Waals surface area contributed by atoms with Crippen molar-refractivity contribution in [2.75, 3.05) is 30.9 Å². The molecule has 0 spiro atoms. The van der Waals surface area contributed by atoms with Crippen molar-refractivity contribution in [1.29, 1.82) is 0 Å². The third-order valence-corrected chi connectivity index (χ3v) is 6.27. The van der Waals surface area contributed by atoms with Crippen molar-refractivity contribution in [1.82, 2.24) is 10.2 Å². The van der Waals surface area contributed by atoms with Gasteiger partial charge in [0, 0.05) is 18.7 Å². The molecule has 0 aromatic heterocycles. The van der Waals surface area contributed by atoms with Crippen molar-refractivity contribution in [3.05, 3.63) is 59.2 Å². The summed E-state index contributed by atoms with van der Waals surface area (Å²) in [6, 6.07) is 11.4. The van der Waals surface area contributed by atoms with Gasteiger partial charge in [-0.1, -0.05) is 26.0 Å². The number of nitrogens with one attached hydrogen (secondary N) is 2. The molecule has 2 rings (SSSR count). The highest BCUT2D eigenvalue weighted by molar-refractivity contribution is 7.92. The number of nitrogens with zero attached hydrogens (tertiary/aromatic N) is 1. The van der Waals surface area contributed by atoms with Gasteiger partial charge in [0.1, 0.15) is 0 Å². The lowest BCUT2D eigenvalue weighted by atomic mass is 10.1. The number of aryl methyl sites for hydroxylation is 1. The summed E-state index contributed by atoms with van der Waals surface area (Å²) < 4.78 is 27.9. The molecule has 0 radical (unpaired) electrons. The first-order valence-electron chi connectivity index (χ1n) is 9.48. The van der Waals surface area contributed by atoms with E-state index in [9.17, 15) is 13.2 Å². The molecule has 0 aliphatic carbocycles. The quantitative estimate of drug-likeness (QED) is 0.674. The number of hydrogen-bond donors (Lipinski definition) is 2. The molecule has 0 aliphatic heterocycles. The van der Waals surface area contributed by atoms with Crippen LogP contribution in [-0.4, -0.2) is 45.4 Å². The van der Waals surface area contributed by atoms with Gasteiger partial charge in [-0.05, 0) is 68.4 Å². The van der Waals surface area contributed by atoms with E-state index in [4.69, 9.17) is 0 Å². The zero-order valence-corrected chi connectivity index (χ0v) is 17.8. The molecule has 2 aromatic carbocycles. The van der Waals surface area contributed by atoms with E-state index in [0.29, 0.717) is 17.8 Å². The van der Waals surface area contributed by atoms with E-state index in [1.807, 2.05) is 26.0 Å². The van der Waals surface area contributed by atoms with Crippen molar-refractivity contribution < 1.29 is 13.2 Å². The van der Waals surface area contributed by atoms with Gasteiger partial charge in [-0.2, -0.15) is 0 Å². The highest BCUT2D eigenvalue weighted by Crippen LogP contribution is 2.22. The van der Waals surface area contributed by atoms with Crippen LogP contribution in [0.15, 0.2) is 47.4 Å². The van der Waals surface area contributed by atoms with Crippen LogP contribution in [0, 0.1) is 13.8 Å². The molecule has 0 unspecified atom stereocenters. The lowest BCUT2D eigenvalue weighted by molar-refractivity contribution is 0.0949. The van der Waals surface area contributed by atoms with Gasteiger partial charge >= 0.3 is 0 Å². The van der Waals surface area contributed by atoms with Crippen LogP contribution in [0.4, 0.5) is 5.69 Å². The Balaban J connectivity index is 2.04. The van der Waals surface area contributed by atoms with E-state index < -0.39 is 10.0 Å². The summed E-state index contributed by atoms with van der Waals surface area (Å²) >= 11 is 0. The van der Waals surface area contributed by atoms with Gasteiger partial charge in [0.2, 0.25) is 0 Å². The third-order valence-electron chi connectivity index (χ3n) is 4.88. The molecule has 2 N–H and O–H groups in total. The molecule has 28 heavy (non-hydrogen) atoms. The van der Waals surface area contributed by atoms with Gasteiger partial charge in [-0.25, -0.2) is 8.42 Å². The molecule has 0 saturated heterocycles. The van der Waals surface area contributed by atoms with Gasteiger partial charge in [-0.3, -0.25) is 9.52 Å². The summed E-state index contributed by atoms with van der Waals surface area (Å²) in [6.45, 7) is 11.2. The SMILES string of the molecule is CCN(CC)CCNC(=O)c1ccc(S(=O)(=O)Nc2cccc(C)c2C)cc1. The Morgan fingerprint density at radius 2 is 1.64 bits per heavy atom. The summed E-state index contributed by atoms with van der Waals surface area (Å²) in [6.07, 6.45) is 0. The van der Waals surface area contributed by atoms with Gasteiger partial charge in [-0.15, -0.1) is 0 Å². The van der Waals surface area contributed by atoms with Crippen molar-refractivity contribution in [2.45, 2.75) is 32.6 Å². The van der Waals surface area contributed by atoms with Crippen LogP contribution in [0.1, 0.15) is 35.3 Å². The molecule has 6 nitrogen and oxygen atoms in total. The van der Waals surface area contributed by atoms with Crippen molar-refractivity contribution in [3.8, 4) is 0 Å². The zero-order chi connectivity index (χ0) is 20.7. The first-order chi connectivity index (χ1) is 13.3. The Hall–Kier alpha value is -2.38. The molecule has 0 atom stereocenters. The Morgan fingerprint density at radius 1 is 1.00 bits per heavy atom. The maximum Gasteiger partial charge on any atom is 0.261 e. The van der Waals surface area contributed by atoms with Gasteiger partial charge < -0.3 is 10.2 Å². The fourth-order valence-corrected chi connectivity index (χ4v) is 3.94. The van der Waals surface area contributed by atoms with Crippen LogP contribution < -0.4 is 10.0 Å². The lowest BCUT2D eigenvalue weighted by Crippen LogP contribution is -2.34. The highest BCUT2D eigenvalue weighted by atomic mass is 32.2. The normalized spacial score (nSPS) is 11.5. The van der Waals surface area contributed by atoms with Crippen LogP contribution in [0.2, 0.25) is 0 Å². The van der Waals surface area contributed by atoms with Gasteiger partial charge in [0.05, 0.1) is 10.6 Å². The maximum atomic E-state index is 12.6. The number of anilines is 1. The molecular formula is C21H29N3O3S. The smallest absolute Gasteiger partial charge is 0.261 e. The molecule has 0 fully saturated rings. The number of rotatable bonds is 9. The minimum Gasteiger partial charge on any atom is -0.351 e. The fourth-order valence-electron chi connectivity index (χ4n) is 2.82. The standard InChI is InChI=1S/C21H29N3O3S/c1-5-24(6-2)15-14-22-21(25)18-10-12-19(13-11-18)28(26,27)23-20-9-7-8-16(3)17(20)4/h7-13,23H,5-6,14-15H2,1-4H3,(H,22,25). The Morgan fingerprint density at radius 3 is 2.25 bits per heavy atom. The molecule has 0 aliphatic rings. The molecule has 2 aromatic rings. The third kappa shape index (κ3) is 5.56. The molecule has 0 bridgehead atoms. The maximum absolute atomic E-state index is 12.6. The molecular weight excluding hydrogens is 374 g/mol.